The third-order valence-electron chi connectivity index (χ3n) is 6.28. The molecule has 0 amide bonds. The number of hydrogen-bond donors (Lipinski definition) is 2. The monoisotopic (exact) mass is 536 g/mol. The van der Waals surface area contributed by atoms with Crippen LogP contribution in [0.1, 0.15) is 37.7 Å². The summed E-state index contributed by atoms with van der Waals surface area (Å²) in [5, 5.41) is 9.96. The molecule has 1 fully saturated rings. The molecule has 0 aliphatic heterocycles. The minimum Gasteiger partial charge on any atom is -0.460 e. The molecule has 1 saturated carbocycles. The molecule has 0 radical (unpaired) electrons. The molecule has 5 aromatic rings. The Balaban J connectivity index is 1.34. The fourth-order valence-corrected chi connectivity index (χ4v) is 4.42. The van der Waals surface area contributed by atoms with Crippen LogP contribution in [0.4, 0.5) is 36.4 Å². The van der Waals surface area contributed by atoms with E-state index in [0.29, 0.717) is 5.69 Å². The molecule has 39 heavy (non-hydrogen) atoms. The van der Waals surface area contributed by atoms with E-state index < -0.39 is 11.7 Å². The van der Waals surface area contributed by atoms with Gasteiger partial charge in [0.25, 0.3) is 0 Å². The van der Waals surface area contributed by atoms with Gasteiger partial charge in [0.05, 0.1) is 11.3 Å². The number of pyridine rings is 1. The smallest absolute Gasteiger partial charge is 0.416 e. The van der Waals surface area contributed by atoms with Crippen LogP contribution in [0.5, 0.6) is 6.01 Å². The van der Waals surface area contributed by atoms with Crippen LogP contribution in [0.2, 0.25) is 0 Å². The van der Waals surface area contributed by atoms with Gasteiger partial charge in [0, 0.05) is 36.0 Å². The number of hydrogen-bond acceptors (Lipinski definition) is 9. The normalized spacial score (nSPS) is 14.4. The van der Waals surface area contributed by atoms with E-state index in [4.69, 9.17) is 4.74 Å². The first-order chi connectivity index (χ1) is 18.9. The summed E-state index contributed by atoms with van der Waals surface area (Å²) in [7, 11) is 0. The number of nitrogens with one attached hydrogen (secondary N) is 2. The van der Waals surface area contributed by atoms with Crippen molar-refractivity contribution in [1.29, 1.82) is 0 Å². The van der Waals surface area contributed by atoms with Gasteiger partial charge in [0.15, 0.2) is 0 Å². The summed E-state index contributed by atoms with van der Waals surface area (Å²) in [5.74, 6) is 0.182. The lowest BCUT2D eigenvalue weighted by Gasteiger charge is -2.22. The summed E-state index contributed by atoms with van der Waals surface area (Å²) in [6.07, 6.45) is 8.27. The summed E-state index contributed by atoms with van der Waals surface area (Å²) < 4.78 is 50.2. The third-order valence-corrected chi connectivity index (χ3v) is 6.28. The summed E-state index contributed by atoms with van der Waals surface area (Å²) in [4.78, 5) is 21.3. The second kappa shape index (κ2) is 10.2. The number of halogens is 3. The number of rotatable bonds is 7. The molecule has 0 spiro atoms. The lowest BCUT2D eigenvalue weighted by atomic mass is 9.98. The number of imidazole rings is 1. The van der Waals surface area contributed by atoms with Gasteiger partial charge < -0.3 is 19.8 Å². The van der Waals surface area contributed by atoms with Crippen LogP contribution in [-0.2, 0) is 6.18 Å². The van der Waals surface area contributed by atoms with Crippen LogP contribution >= 0.6 is 0 Å². The van der Waals surface area contributed by atoms with E-state index >= 15 is 0 Å². The highest BCUT2D eigenvalue weighted by Crippen LogP contribution is 2.34. The lowest BCUT2D eigenvalue weighted by Crippen LogP contribution is -2.21. The van der Waals surface area contributed by atoms with E-state index in [9.17, 15) is 13.2 Å². The molecule has 6 rings (SSSR count). The zero-order valence-corrected chi connectivity index (χ0v) is 20.5. The lowest BCUT2D eigenvalue weighted by molar-refractivity contribution is -0.137. The second-order valence-electron chi connectivity index (χ2n) is 9.11. The fraction of sp³-hybridized carbons (Fsp3) is 0.280. The number of aromatic nitrogens is 8. The van der Waals surface area contributed by atoms with E-state index in [-0.39, 0.29) is 35.4 Å². The van der Waals surface area contributed by atoms with Gasteiger partial charge in [-0.1, -0.05) is 6.42 Å². The van der Waals surface area contributed by atoms with E-state index in [1.54, 1.807) is 6.20 Å². The molecule has 1 aliphatic rings. The Hall–Kier alpha value is -4.75. The Morgan fingerprint density at radius 2 is 1.69 bits per heavy atom. The first-order valence-corrected chi connectivity index (χ1v) is 12.4. The van der Waals surface area contributed by atoms with Crippen LogP contribution < -0.4 is 15.4 Å². The van der Waals surface area contributed by atoms with Crippen molar-refractivity contribution in [2.24, 2.45) is 0 Å². The standard InChI is InChI=1S/C25H23F3N10O/c26-25(27,28)16-10-18(12-19(11-16)38-15-29-14-31-38)33-23-34-22(32-17-6-8-37-9-7-30-21(37)13-17)35-24(36-23)39-20-4-2-1-3-5-20/h6-15,20H,1-5H2,(H2,32,33,34,35,36). The quantitative estimate of drug-likeness (QED) is 0.285. The van der Waals surface area contributed by atoms with Crippen molar-refractivity contribution in [3.63, 3.8) is 0 Å². The SMILES string of the molecule is FC(F)(F)c1cc(Nc2nc(Nc3ccn4ccnc4c3)nc(OC3CCCCC3)n2)cc(-n2cncn2)c1. The molecule has 0 saturated heterocycles. The number of alkyl halides is 3. The van der Waals surface area contributed by atoms with Crippen LogP contribution in [-0.4, -0.2) is 45.2 Å². The average Bonchev–Trinajstić information content (AvgIpc) is 3.61. The Labute approximate surface area is 220 Å². The number of anilines is 4. The molecular weight excluding hydrogens is 513 g/mol. The third kappa shape index (κ3) is 5.73. The van der Waals surface area contributed by atoms with Gasteiger partial charge in [-0.15, -0.1) is 0 Å². The summed E-state index contributed by atoms with van der Waals surface area (Å²) in [6, 6.07) is 7.18. The fourth-order valence-electron chi connectivity index (χ4n) is 4.42. The molecule has 0 bridgehead atoms. The van der Waals surface area contributed by atoms with Crippen molar-refractivity contribution in [1.82, 2.24) is 39.1 Å². The first-order valence-electron chi connectivity index (χ1n) is 12.4. The van der Waals surface area contributed by atoms with Gasteiger partial charge >= 0.3 is 12.2 Å². The molecule has 4 aromatic heterocycles. The van der Waals surface area contributed by atoms with Crippen LogP contribution in [0.3, 0.4) is 0 Å². The Kier molecular flexibility index (Phi) is 6.42. The van der Waals surface area contributed by atoms with Crippen molar-refractivity contribution in [2.75, 3.05) is 10.6 Å². The molecule has 14 heteroatoms. The van der Waals surface area contributed by atoms with E-state index in [1.165, 1.54) is 23.4 Å². The van der Waals surface area contributed by atoms with E-state index in [1.807, 2.05) is 28.9 Å². The largest absolute Gasteiger partial charge is 0.460 e. The molecule has 1 aliphatic carbocycles. The number of ether oxygens (including phenoxy) is 1. The van der Waals surface area contributed by atoms with Crippen molar-refractivity contribution in [3.05, 3.63) is 67.1 Å². The van der Waals surface area contributed by atoms with Gasteiger partial charge in [0.2, 0.25) is 11.9 Å². The predicted molar refractivity (Wildman–Crippen MR) is 135 cm³/mol. The topological polar surface area (TPSA) is 120 Å². The van der Waals surface area contributed by atoms with Crippen molar-refractivity contribution in [2.45, 2.75) is 44.4 Å². The van der Waals surface area contributed by atoms with Gasteiger partial charge in [-0.3, -0.25) is 0 Å². The number of benzene rings is 1. The van der Waals surface area contributed by atoms with Gasteiger partial charge in [-0.05, 0) is 49.9 Å². The van der Waals surface area contributed by atoms with Gasteiger partial charge in [0.1, 0.15) is 24.4 Å². The van der Waals surface area contributed by atoms with Gasteiger partial charge in [-0.2, -0.15) is 33.2 Å². The summed E-state index contributed by atoms with van der Waals surface area (Å²) in [6.45, 7) is 0. The van der Waals surface area contributed by atoms with E-state index in [2.05, 4.69) is 40.7 Å². The Morgan fingerprint density at radius 1 is 0.897 bits per heavy atom. The van der Waals surface area contributed by atoms with Crippen molar-refractivity contribution < 1.29 is 17.9 Å². The molecule has 4 heterocycles. The first kappa shape index (κ1) is 24.6. The van der Waals surface area contributed by atoms with Crippen molar-refractivity contribution in [3.8, 4) is 11.7 Å². The zero-order valence-electron chi connectivity index (χ0n) is 20.5. The minimum absolute atomic E-state index is 0.0177. The van der Waals surface area contributed by atoms with E-state index in [0.717, 1.165) is 49.9 Å². The minimum atomic E-state index is -4.58. The highest BCUT2D eigenvalue weighted by molar-refractivity contribution is 5.63. The summed E-state index contributed by atoms with van der Waals surface area (Å²) >= 11 is 0. The zero-order chi connectivity index (χ0) is 26.8. The van der Waals surface area contributed by atoms with Crippen LogP contribution in [0.15, 0.2) is 61.6 Å². The predicted octanol–water partition coefficient (Wildman–Crippen LogP) is 5.32. The maximum atomic E-state index is 13.7. The number of fused-ring (bicyclic) bond motifs is 1. The molecule has 2 N–H and O–H groups in total. The van der Waals surface area contributed by atoms with Gasteiger partial charge in [-0.25, -0.2) is 14.6 Å². The molecular formula is C25H23F3N10O. The molecule has 0 unspecified atom stereocenters. The highest BCUT2D eigenvalue weighted by atomic mass is 19.4. The van der Waals surface area contributed by atoms with Crippen LogP contribution in [0.25, 0.3) is 11.3 Å². The average molecular weight is 537 g/mol. The maximum absolute atomic E-state index is 13.7. The Morgan fingerprint density at radius 3 is 2.44 bits per heavy atom. The number of nitrogens with zero attached hydrogens (tertiary/aromatic N) is 8. The van der Waals surface area contributed by atoms with Crippen molar-refractivity contribution >= 4 is 28.9 Å². The molecule has 0 atom stereocenters. The molecule has 1 aromatic carbocycles. The molecule has 200 valence electrons. The second-order valence-corrected chi connectivity index (χ2v) is 9.11. The van der Waals surface area contributed by atoms with Crippen LogP contribution in [0, 0.1) is 0 Å². The Bertz CT molecular complexity index is 1580. The molecule has 11 nitrogen and oxygen atoms in total. The maximum Gasteiger partial charge on any atom is 0.416 e. The summed E-state index contributed by atoms with van der Waals surface area (Å²) in [5.41, 5.74) is 0.800. The highest BCUT2D eigenvalue weighted by Gasteiger charge is 2.31.